The summed E-state index contributed by atoms with van der Waals surface area (Å²) < 4.78 is 9.75. The number of fused-ring (bicyclic) bond motifs is 9. The topological polar surface area (TPSA) is 13.1 Å². The van der Waals surface area contributed by atoms with Crippen molar-refractivity contribution >= 4 is 88.5 Å². The van der Waals surface area contributed by atoms with E-state index < -0.39 is 0 Å². The molecule has 6 aromatic carbocycles. The first-order valence-electron chi connectivity index (χ1n) is 21.5. The fourth-order valence-corrected chi connectivity index (χ4v) is 9.83. The third-order valence-electron chi connectivity index (χ3n) is 11.6. The Balaban J connectivity index is 1.28. The highest BCUT2D eigenvalue weighted by Gasteiger charge is 2.20. The molecule has 0 aliphatic carbocycles. The van der Waals surface area contributed by atoms with E-state index in [0.717, 1.165) is 24.0 Å². The third kappa shape index (κ3) is 8.57. The first-order chi connectivity index (χ1) is 27.7. The number of rotatable bonds is 18. The smallest absolute Gasteiger partial charge is 0.143 e. The van der Waals surface area contributed by atoms with Crippen molar-refractivity contribution in [2.24, 2.45) is 0 Å². The van der Waals surface area contributed by atoms with Gasteiger partial charge in [-0.15, -0.1) is 11.3 Å². The number of aryl methyl sites for hydroxylation is 2. The van der Waals surface area contributed by atoms with Crippen LogP contribution in [-0.4, -0.2) is 0 Å². The van der Waals surface area contributed by atoms with Crippen LogP contribution in [0.25, 0.3) is 77.2 Å². The van der Waals surface area contributed by atoms with E-state index in [9.17, 15) is 0 Å². The van der Waals surface area contributed by atoms with Crippen LogP contribution in [0.2, 0.25) is 0 Å². The lowest BCUT2D eigenvalue weighted by atomic mass is 9.94. The maximum atomic E-state index is 7.04. The Labute approximate surface area is 337 Å². The van der Waals surface area contributed by atoms with Gasteiger partial charge in [-0.05, 0) is 83.3 Å². The van der Waals surface area contributed by atoms with E-state index in [1.807, 2.05) is 11.3 Å². The summed E-state index contributed by atoms with van der Waals surface area (Å²) in [6.07, 6.45) is 27.2. The fraction of sp³-hybridized carbons (Fsp3) is 0.296. The Morgan fingerprint density at radius 3 is 1.62 bits per heavy atom. The van der Waals surface area contributed by atoms with E-state index >= 15 is 0 Å². The molecule has 2 heteroatoms. The highest BCUT2D eigenvalue weighted by atomic mass is 32.1. The second-order valence-corrected chi connectivity index (χ2v) is 16.9. The van der Waals surface area contributed by atoms with Crippen molar-refractivity contribution in [3.63, 3.8) is 0 Å². The number of thiophene rings is 1. The summed E-state index contributed by atoms with van der Waals surface area (Å²) in [5.41, 5.74) is 9.64. The van der Waals surface area contributed by atoms with Crippen LogP contribution in [0.4, 0.5) is 0 Å². The van der Waals surface area contributed by atoms with Gasteiger partial charge in [0.25, 0.3) is 0 Å². The summed E-state index contributed by atoms with van der Waals surface area (Å²) in [7, 11) is 0. The summed E-state index contributed by atoms with van der Waals surface area (Å²) in [5.74, 6) is 0. The third-order valence-corrected chi connectivity index (χ3v) is 12.8. The Morgan fingerprint density at radius 1 is 0.464 bits per heavy atom. The van der Waals surface area contributed by atoms with Gasteiger partial charge in [0.2, 0.25) is 0 Å². The normalized spacial score (nSPS) is 12.2. The quantitative estimate of drug-likeness (QED) is 0.0628. The molecule has 0 radical (unpaired) electrons. The lowest BCUT2D eigenvalue weighted by Crippen LogP contribution is -1.87. The predicted octanol–water partition coefficient (Wildman–Crippen LogP) is 17.3. The van der Waals surface area contributed by atoms with Crippen molar-refractivity contribution in [2.45, 2.75) is 104 Å². The summed E-state index contributed by atoms with van der Waals surface area (Å²) in [5, 5.41) is 7.53. The van der Waals surface area contributed by atoms with Crippen LogP contribution in [0, 0.1) is 0 Å². The Morgan fingerprint density at radius 2 is 1.00 bits per heavy atom. The average Bonchev–Trinajstić information content (AvgIpc) is 3.82. The van der Waals surface area contributed by atoms with Gasteiger partial charge in [0, 0.05) is 41.7 Å². The average molecular weight is 753 g/mol. The highest BCUT2D eigenvalue weighted by Crippen LogP contribution is 2.46. The molecule has 0 amide bonds. The zero-order valence-corrected chi connectivity index (χ0v) is 34.2. The lowest BCUT2D eigenvalue weighted by Gasteiger charge is -2.09. The Bertz CT molecular complexity index is 2420. The molecule has 2 aromatic heterocycles. The number of unbranched alkanes of at least 4 members (excludes halogenated alkanes) is 10. The van der Waals surface area contributed by atoms with Gasteiger partial charge in [-0.25, -0.2) is 0 Å². The van der Waals surface area contributed by atoms with Crippen molar-refractivity contribution in [1.82, 2.24) is 0 Å². The van der Waals surface area contributed by atoms with Crippen LogP contribution in [-0.2, 0) is 12.8 Å². The predicted molar refractivity (Wildman–Crippen MR) is 249 cm³/mol. The van der Waals surface area contributed by atoms with Crippen molar-refractivity contribution in [3.8, 4) is 0 Å². The van der Waals surface area contributed by atoms with Crippen LogP contribution in [0.1, 0.15) is 124 Å². The number of benzene rings is 6. The van der Waals surface area contributed by atoms with Crippen molar-refractivity contribution in [3.05, 3.63) is 143 Å². The second kappa shape index (κ2) is 18.4. The van der Waals surface area contributed by atoms with Gasteiger partial charge in [-0.3, -0.25) is 0 Å². The zero-order chi connectivity index (χ0) is 38.1. The maximum absolute atomic E-state index is 7.04. The van der Waals surface area contributed by atoms with E-state index in [1.54, 1.807) is 0 Å². The Hall–Kier alpha value is -4.92. The van der Waals surface area contributed by atoms with Crippen molar-refractivity contribution in [2.75, 3.05) is 0 Å². The molecule has 8 aromatic rings. The highest BCUT2D eigenvalue weighted by molar-refractivity contribution is 7.26. The maximum Gasteiger partial charge on any atom is 0.143 e. The molecule has 0 bridgehead atoms. The van der Waals surface area contributed by atoms with Crippen LogP contribution in [0.5, 0.6) is 0 Å². The van der Waals surface area contributed by atoms with Crippen molar-refractivity contribution in [1.29, 1.82) is 0 Å². The molecule has 1 nitrogen and oxygen atoms in total. The van der Waals surface area contributed by atoms with E-state index in [1.165, 1.54) is 152 Å². The molecule has 56 heavy (non-hydrogen) atoms. The first-order valence-corrected chi connectivity index (χ1v) is 22.3. The molecular weight excluding hydrogens is 697 g/mol. The standard InChI is InChI=1S/C54H56OS/c1-3-5-7-9-11-15-25-41-29-33-45-49(35-41)55-53-47-37-44(32-28-40-23-19-14-20-24-40)52-46-34-30-42(26-16-12-10-8-6-4-2)36-50(46)56-54(52)48(47)38-43(51(45)53)31-27-39-21-17-13-18-22-39/h13-14,17-24,27-38H,3-12,15-16,25-26H2,1-2H3/b31-27+,32-28+. The molecule has 8 rings (SSSR count). The molecule has 0 unspecified atom stereocenters. The molecule has 0 fully saturated rings. The summed E-state index contributed by atoms with van der Waals surface area (Å²) in [4.78, 5) is 0. The van der Waals surface area contributed by atoms with E-state index in [0.29, 0.717) is 0 Å². The summed E-state index contributed by atoms with van der Waals surface area (Å²) in [6.45, 7) is 4.58. The molecule has 284 valence electrons. The largest absolute Gasteiger partial charge is 0.455 e. The van der Waals surface area contributed by atoms with E-state index in [4.69, 9.17) is 4.42 Å². The monoisotopic (exact) mass is 752 g/mol. The molecule has 0 N–H and O–H groups in total. The minimum absolute atomic E-state index is 0.986. The first kappa shape index (κ1) is 38.0. The fourth-order valence-electron chi connectivity index (χ4n) is 8.51. The summed E-state index contributed by atoms with van der Waals surface area (Å²) >= 11 is 1.95. The van der Waals surface area contributed by atoms with E-state index in [2.05, 4.69) is 147 Å². The van der Waals surface area contributed by atoms with E-state index in [-0.39, 0.29) is 0 Å². The molecule has 0 atom stereocenters. The number of hydrogen-bond acceptors (Lipinski definition) is 2. The molecule has 0 aliphatic rings. The van der Waals surface area contributed by atoms with Gasteiger partial charge in [0.05, 0.1) is 0 Å². The van der Waals surface area contributed by atoms with Crippen LogP contribution in [0.3, 0.4) is 0 Å². The van der Waals surface area contributed by atoms with Gasteiger partial charge in [-0.1, -0.05) is 187 Å². The molecule has 2 heterocycles. The molecular formula is C54H56OS. The molecule has 0 aliphatic heterocycles. The molecule has 0 saturated carbocycles. The lowest BCUT2D eigenvalue weighted by molar-refractivity contribution is 0.607. The van der Waals surface area contributed by atoms with Gasteiger partial charge < -0.3 is 4.42 Å². The number of hydrogen-bond donors (Lipinski definition) is 0. The van der Waals surface area contributed by atoms with Gasteiger partial charge in [0.1, 0.15) is 11.2 Å². The molecule has 0 spiro atoms. The minimum Gasteiger partial charge on any atom is -0.455 e. The van der Waals surface area contributed by atoms with Gasteiger partial charge >= 0.3 is 0 Å². The van der Waals surface area contributed by atoms with Crippen LogP contribution < -0.4 is 0 Å². The number of furan rings is 1. The van der Waals surface area contributed by atoms with Gasteiger partial charge in [0.15, 0.2) is 0 Å². The van der Waals surface area contributed by atoms with Crippen LogP contribution in [0.15, 0.2) is 114 Å². The van der Waals surface area contributed by atoms with Gasteiger partial charge in [-0.2, -0.15) is 0 Å². The summed E-state index contributed by atoms with van der Waals surface area (Å²) in [6, 6.07) is 40.4. The molecule has 0 saturated heterocycles. The second-order valence-electron chi connectivity index (χ2n) is 15.8. The Kier molecular flexibility index (Phi) is 12.4. The van der Waals surface area contributed by atoms with Crippen molar-refractivity contribution < 1.29 is 4.42 Å². The zero-order valence-electron chi connectivity index (χ0n) is 33.4. The van der Waals surface area contributed by atoms with Crippen LogP contribution >= 0.6 is 11.3 Å². The SMILES string of the molecule is CCCCCCCCc1ccc2c(c1)oc1c3cc(/C=C/c4ccccc4)c4c5ccc(CCCCCCCC)cc5sc4c3cc(/C=C/c3ccccc3)c21. The minimum atomic E-state index is 0.986.